The van der Waals surface area contributed by atoms with E-state index in [2.05, 4.69) is 12.1 Å². The van der Waals surface area contributed by atoms with Gasteiger partial charge >= 0.3 is 11.9 Å². The van der Waals surface area contributed by atoms with Crippen molar-refractivity contribution >= 4 is 18.0 Å². The van der Waals surface area contributed by atoms with E-state index in [1.54, 1.807) is 30.3 Å². The Balaban J connectivity index is 1.43. The summed E-state index contributed by atoms with van der Waals surface area (Å²) in [5.74, 6) is -0.502. The molecule has 0 aromatic heterocycles. The fourth-order valence-electron chi connectivity index (χ4n) is 2.71. The predicted octanol–water partition coefficient (Wildman–Crippen LogP) is 5.10. The van der Waals surface area contributed by atoms with E-state index >= 15 is 0 Å². The summed E-state index contributed by atoms with van der Waals surface area (Å²) in [6.45, 7) is 0.356. The molecule has 4 nitrogen and oxygen atoms in total. The number of carbonyl (C=O) groups is 2. The third-order valence-corrected chi connectivity index (χ3v) is 4.21. The second kappa shape index (κ2) is 10.6. The van der Waals surface area contributed by atoms with Crippen molar-refractivity contribution < 1.29 is 19.1 Å². The zero-order valence-electron chi connectivity index (χ0n) is 16.0. The molecule has 0 bridgehead atoms. The van der Waals surface area contributed by atoms with Crippen LogP contribution >= 0.6 is 0 Å². The smallest absolute Gasteiger partial charge is 0.338 e. The monoisotopic (exact) mass is 386 g/mol. The van der Waals surface area contributed by atoms with Crippen molar-refractivity contribution in [2.45, 2.75) is 12.8 Å². The largest absolute Gasteiger partial charge is 0.462 e. The van der Waals surface area contributed by atoms with E-state index in [-0.39, 0.29) is 5.97 Å². The Morgan fingerprint density at radius 2 is 1.45 bits per heavy atom. The molecule has 0 heterocycles. The summed E-state index contributed by atoms with van der Waals surface area (Å²) in [4.78, 5) is 24.0. The van der Waals surface area contributed by atoms with Crippen molar-refractivity contribution in [3.63, 3.8) is 0 Å². The third kappa shape index (κ3) is 6.78. The maximum absolute atomic E-state index is 12.1. The van der Waals surface area contributed by atoms with Crippen LogP contribution in [0.15, 0.2) is 91.0 Å². The number of rotatable bonds is 8. The van der Waals surface area contributed by atoms with Crippen LogP contribution in [-0.4, -0.2) is 18.5 Å². The van der Waals surface area contributed by atoms with Crippen LogP contribution in [0.2, 0.25) is 0 Å². The van der Waals surface area contributed by atoms with Gasteiger partial charge < -0.3 is 9.47 Å². The molecule has 0 N–H and O–H groups in total. The van der Waals surface area contributed by atoms with Gasteiger partial charge in [0.1, 0.15) is 5.75 Å². The summed E-state index contributed by atoms with van der Waals surface area (Å²) < 4.78 is 10.5. The highest BCUT2D eigenvalue weighted by atomic mass is 16.5. The van der Waals surface area contributed by atoms with Gasteiger partial charge in [0, 0.05) is 6.08 Å². The zero-order valence-corrected chi connectivity index (χ0v) is 16.0. The number of benzene rings is 3. The molecule has 0 saturated carbocycles. The van der Waals surface area contributed by atoms with Gasteiger partial charge in [0.05, 0.1) is 12.2 Å². The van der Waals surface area contributed by atoms with Gasteiger partial charge in [-0.15, -0.1) is 0 Å². The van der Waals surface area contributed by atoms with Crippen LogP contribution in [-0.2, 0) is 16.0 Å². The fraction of sp³-hybridized carbons (Fsp3) is 0.120. The first-order valence-corrected chi connectivity index (χ1v) is 9.47. The normalized spacial score (nSPS) is 10.6. The van der Waals surface area contributed by atoms with Crippen LogP contribution in [0.25, 0.3) is 6.08 Å². The van der Waals surface area contributed by atoms with Crippen molar-refractivity contribution in [1.82, 2.24) is 0 Å². The van der Waals surface area contributed by atoms with E-state index < -0.39 is 5.97 Å². The lowest BCUT2D eigenvalue weighted by Crippen LogP contribution is -2.08. The molecule has 4 heteroatoms. The van der Waals surface area contributed by atoms with Crippen molar-refractivity contribution in [3.05, 3.63) is 108 Å². The highest BCUT2D eigenvalue weighted by Crippen LogP contribution is 2.14. The second-order valence-electron chi connectivity index (χ2n) is 6.41. The van der Waals surface area contributed by atoms with E-state index in [4.69, 9.17) is 9.47 Å². The van der Waals surface area contributed by atoms with Gasteiger partial charge in [-0.2, -0.15) is 0 Å². The summed E-state index contributed by atoms with van der Waals surface area (Å²) in [5, 5.41) is 0. The first-order chi connectivity index (χ1) is 14.2. The molecular weight excluding hydrogens is 364 g/mol. The molecule has 29 heavy (non-hydrogen) atoms. The second-order valence-corrected chi connectivity index (χ2v) is 6.41. The average Bonchev–Trinajstić information content (AvgIpc) is 2.77. The summed E-state index contributed by atoms with van der Waals surface area (Å²) in [6.07, 6.45) is 4.67. The number of ether oxygens (including phenoxy) is 2. The molecule has 146 valence electrons. The maximum atomic E-state index is 12.1. The minimum Gasteiger partial charge on any atom is -0.462 e. The van der Waals surface area contributed by atoms with Crippen LogP contribution in [0.1, 0.15) is 27.9 Å². The quantitative estimate of drug-likeness (QED) is 0.234. The lowest BCUT2D eigenvalue weighted by molar-refractivity contribution is -0.128. The molecule has 0 spiro atoms. The number of aryl methyl sites for hydroxylation is 1. The van der Waals surface area contributed by atoms with Gasteiger partial charge in [-0.05, 0) is 54.3 Å². The van der Waals surface area contributed by atoms with E-state index in [9.17, 15) is 9.59 Å². The Morgan fingerprint density at radius 3 is 2.14 bits per heavy atom. The van der Waals surface area contributed by atoms with Crippen LogP contribution in [0.4, 0.5) is 0 Å². The topological polar surface area (TPSA) is 52.6 Å². The number of carbonyl (C=O) groups excluding carboxylic acids is 2. The molecule has 3 aromatic rings. The molecule has 0 amide bonds. The van der Waals surface area contributed by atoms with Crippen LogP contribution in [0.3, 0.4) is 0 Å². The average molecular weight is 386 g/mol. The minimum atomic E-state index is -0.481. The van der Waals surface area contributed by atoms with E-state index in [0.29, 0.717) is 17.9 Å². The van der Waals surface area contributed by atoms with Crippen molar-refractivity contribution in [2.75, 3.05) is 6.61 Å². The molecule has 0 aliphatic rings. The highest BCUT2D eigenvalue weighted by molar-refractivity contribution is 5.90. The first kappa shape index (κ1) is 20.1. The number of hydrogen-bond acceptors (Lipinski definition) is 4. The molecule has 0 aliphatic heterocycles. The molecule has 3 aromatic carbocycles. The van der Waals surface area contributed by atoms with Crippen molar-refractivity contribution in [1.29, 1.82) is 0 Å². The molecule has 3 rings (SSSR count). The van der Waals surface area contributed by atoms with Gasteiger partial charge in [-0.3, -0.25) is 0 Å². The van der Waals surface area contributed by atoms with Gasteiger partial charge in [0.2, 0.25) is 0 Å². The lowest BCUT2D eigenvalue weighted by Gasteiger charge is -2.06. The van der Waals surface area contributed by atoms with E-state index in [1.807, 2.05) is 48.5 Å². The molecule has 0 radical (unpaired) electrons. The van der Waals surface area contributed by atoms with Gasteiger partial charge in [-0.25, -0.2) is 9.59 Å². The highest BCUT2D eigenvalue weighted by Gasteiger charge is 2.08. The predicted molar refractivity (Wildman–Crippen MR) is 113 cm³/mol. The molecule has 0 saturated heterocycles. The van der Waals surface area contributed by atoms with Crippen molar-refractivity contribution in [2.24, 2.45) is 0 Å². The fourth-order valence-corrected chi connectivity index (χ4v) is 2.71. The number of esters is 2. The molecule has 0 unspecified atom stereocenters. The first-order valence-electron chi connectivity index (χ1n) is 9.47. The van der Waals surface area contributed by atoms with Gasteiger partial charge in [-0.1, -0.05) is 60.7 Å². The zero-order chi connectivity index (χ0) is 20.3. The van der Waals surface area contributed by atoms with E-state index in [0.717, 1.165) is 18.4 Å². The Bertz CT molecular complexity index is 945. The standard InChI is InChI=1S/C25H22O4/c26-24(18-13-21-10-5-2-6-11-21)29-23-16-14-22(15-17-23)25(27)28-19-7-12-20-8-3-1-4-9-20/h1-6,8-11,13-18H,7,12,19H2/b18-13+. The van der Waals surface area contributed by atoms with Crippen LogP contribution in [0, 0.1) is 0 Å². The molecule has 0 fully saturated rings. The summed E-state index contributed by atoms with van der Waals surface area (Å²) >= 11 is 0. The molecular formula is C25H22O4. The minimum absolute atomic E-state index is 0.356. The van der Waals surface area contributed by atoms with E-state index in [1.165, 1.54) is 11.6 Å². The maximum Gasteiger partial charge on any atom is 0.338 e. The van der Waals surface area contributed by atoms with Crippen molar-refractivity contribution in [3.8, 4) is 5.75 Å². The molecule has 0 atom stereocenters. The summed E-state index contributed by atoms with van der Waals surface area (Å²) in [6, 6.07) is 25.9. The Morgan fingerprint density at radius 1 is 0.793 bits per heavy atom. The SMILES string of the molecule is O=C(/C=C/c1ccccc1)Oc1ccc(C(=O)OCCCc2ccccc2)cc1. The third-order valence-electron chi connectivity index (χ3n) is 4.21. The Hall–Kier alpha value is -3.66. The van der Waals surface area contributed by atoms with Crippen LogP contribution in [0.5, 0.6) is 5.75 Å². The van der Waals surface area contributed by atoms with Crippen LogP contribution < -0.4 is 4.74 Å². The Labute approximate surface area is 170 Å². The van der Waals surface area contributed by atoms with Gasteiger partial charge in [0.15, 0.2) is 0 Å². The molecule has 0 aliphatic carbocycles. The number of hydrogen-bond donors (Lipinski definition) is 0. The summed E-state index contributed by atoms with van der Waals surface area (Å²) in [7, 11) is 0. The van der Waals surface area contributed by atoms with Gasteiger partial charge in [0.25, 0.3) is 0 Å². The summed E-state index contributed by atoms with van der Waals surface area (Å²) in [5.41, 5.74) is 2.55. The lowest BCUT2D eigenvalue weighted by atomic mass is 10.1. The Kier molecular flexibility index (Phi) is 7.35.